The SMILES string of the molecule is CCCC[Si](C)(C)Oc1ccccc1N. The molecule has 15 heavy (non-hydrogen) atoms. The summed E-state index contributed by atoms with van der Waals surface area (Å²) in [5.41, 5.74) is 6.60. The van der Waals surface area contributed by atoms with Crippen molar-refractivity contribution in [3.8, 4) is 5.75 Å². The zero-order valence-electron chi connectivity index (χ0n) is 9.92. The molecule has 1 aromatic carbocycles. The van der Waals surface area contributed by atoms with Crippen molar-refractivity contribution in [2.24, 2.45) is 0 Å². The first-order chi connectivity index (χ1) is 7.05. The van der Waals surface area contributed by atoms with Gasteiger partial charge in [-0.05, 0) is 31.3 Å². The normalized spacial score (nSPS) is 11.4. The molecule has 0 fully saturated rings. The smallest absolute Gasteiger partial charge is 0.245 e. The maximum absolute atomic E-state index is 6.05. The van der Waals surface area contributed by atoms with Crippen molar-refractivity contribution in [1.82, 2.24) is 0 Å². The largest absolute Gasteiger partial charge is 0.543 e. The van der Waals surface area contributed by atoms with Crippen molar-refractivity contribution in [3.63, 3.8) is 0 Å². The quantitative estimate of drug-likeness (QED) is 0.611. The minimum atomic E-state index is -1.58. The van der Waals surface area contributed by atoms with E-state index in [0.717, 1.165) is 11.4 Å². The maximum atomic E-state index is 6.05. The van der Waals surface area contributed by atoms with Crippen LogP contribution in [0, 0.1) is 0 Å². The number of unbranched alkanes of at least 4 members (excludes halogenated alkanes) is 1. The van der Waals surface area contributed by atoms with Gasteiger partial charge in [0.05, 0.1) is 5.69 Å². The lowest BCUT2D eigenvalue weighted by molar-refractivity contribution is 0.545. The van der Waals surface area contributed by atoms with Gasteiger partial charge in [0.2, 0.25) is 8.32 Å². The van der Waals surface area contributed by atoms with Crippen LogP contribution < -0.4 is 10.2 Å². The Hall–Kier alpha value is -0.963. The molecule has 0 amide bonds. The molecule has 0 aliphatic carbocycles. The standard InChI is InChI=1S/C12H21NOSi/c1-4-5-10-15(2,3)14-12-9-7-6-8-11(12)13/h6-9H,4-5,10,13H2,1-3H3. The number of hydrogen-bond donors (Lipinski definition) is 1. The molecular weight excluding hydrogens is 202 g/mol. The summed E-state index contributed by atoms with van der Waals surface area (Å²) in [5.74, 6) is 0.852. The third kappa shape index (κ3) is 3.96. The molecule has 2 N–H and O–H groups in total. The van der Waals surface area contributed by atoms with E-state index in [9.17, 15) is 0 Å². The van der Waals surface area contributed by atoms with Crippen LogP contribution in [0.4, 0.5) is 5.69 Å². The van der Waals surface area contributed by atoms with E-state index < -0.39 is 8.32 Å². The van der Waals surface area contributed by atoms with Crippen LogP contribution in [0.15, 0.2) is 24.3 Å². The van der Waals surface area contributed by atoms with E-state index in [4.69, 9.17) is 10.2 Å². The molecule has 0 aliphatic rings. The van der Waals surface area contributed by atoms with Crippen molar-refractivity contribution in [3.05, 3.63) is 24.3 Å². The molecule has 0 bridgehead atoms. The summed E-state index contributed by atoms with van der Waals surface area (Å²) in [5, 5.41) is 0. The monoisotopic (exact) mass is 223 g/mol. The van der Waals surface area contributed by atoms with Gasteiger partial charge in [-0.2, -0.15) is 0 Å². The van der Waals surface area contributed by atoms with Crippen LogP contribution in [-0.2, 0) is 0 Å². The number of hydrogen-bond acceptors (Lipinski definition) is 2. The highest BCUT2D eigenvalue weighted by atomic mass is 28.4. The van der Waals surface area contributed by atoms with Gasteiger partial charge in [-0.1, -0.05) is 31.9 Å². The molecule has 0 heterocycles. The van der Waals surface area contributed by atoms with E-state index in [1.807, 2.05) is 24.3 Å². The summed E-state index contributed by atoms with van der Waals surface area (Å²) < 4.78 is 6.05. The van der Waals surface area contributed by atoms with Crippen molar-refractivity contribution in [2.75, 3.05) is 5.73 Å². The molecular formula is C12H21NOSi. The number of anilines is 1. The second-order valence-corrected chi connectivity index (χ2v) is 8.73. The zero-order valence-corrected chi connectivity index (χ0v) is 10.9. The molecule has 0 aliphatic heterocycles. The summed E-state index contributed by atoms with van der Waals surface area (Å²) in [6.07, 6.45) is 2.47. The highest BCUT2D eigenvalue weighted by molar-refractivity contribution is 6.71. The van der Waals surface area contributed by atoms with Crippen molar-refractivity contribution >= 4 is 14.0 Å². The molecule has 0 saturated heterocycles. The summed E-state index contributed by atoms with van der Waals surface area (Å²) in [4.78, 5) is 0. The van der Waals surface area contributed by atoms with Gasteiger partial charge >= 0.3 is 0 Å². The van der Waals surface area contributed by atoms with Crippen LogP contribution >= 0.6 is 0 Å². The topological polar surface area (TPSA) is 35.2 Å². The number of para-hydroxylation sites is 2. The average Bonchev–Trinajstić information content (AvgIpc) is 2.18. The lowest BCUT2D eigenvalue weighted by atomic mass is 10.3. The fraction of sp³-hybridized carbons (Fsp3) is 0.500. The third-order valence-electron chi connectivity index (χ3n) is 2.44. The van der Waals surface area contributed by atoms with E-state index in [1.54, 1.807) is 0 Å². The van der Waals surface area contributed by atoms with Crippen LogP contribution in [-0.4, -0.2) is 8.32 Å². The molecule has 0 saturated carbocycles. The second kappa shape index (κ2) is 5.21. The van der Waals surface area contributed by atoms with E-state index in [1.165, 1.54) is 18.9 Å². The predicted molar refractivity (Wildman–Crippen MR) is 68.7 cm³/mol. The Morgan fingerprint density at radius 3 is 2.53 bits per heavy atom. The lowest BCUT2D eigenvalue weighted by Crippen LogP contribution is -2.34. The third-order valence-corrected chi connectivity index (χ3v) is 4.77. The highest BCUT2D eigenvalue weighted by Gasteiger charge is 2.24. The molecule has 0 radical (unpaired) electrons. The Labute approximate surface area is 93.6 Å². The number of benzene rings is 1. The van der Waals surface area contributed by atoms with Crippen LogP contribution in [0.1, 0.15) is 19.8 Å². The van der Waals surface area contributed by atoms with Crippen molar-refractivity contribution in [2.45, 2.75) is 38.9 Å². The molecule has 1 rings (SSSR count). The van der Waals surface area contributed by atoms with Crippen molar-refractivity contribution < 1.29 is 4.43 Å². The van der Waals surface area contributed by atoms with E-state index >= 15 is 0 Å². The van der Waals surface area contributed by atoms with E-state index in [2.05, 4.69) is 20.0 Å². The average molecular weight is 223 g/mol. The first-order valence-electron chi connectivity index (χ1n) is 5.58. The van der Waals surface area contributed by atoms with Gasteiger partial charge in [0.25, 0.3) is 0 Å². The molecule has 0 spiro atoms. The van der Waals surface area contributed by atoms with Crippen LogP contribution in [0.2, 0.25) is 19.1 Å². The van der Waals surface area contributed by atoms with Gasteiger partial charge in [0.15, 0.2) is 0 Å². The summed E-state index contributed by atoms with van der Waals surface area (Å²) in [6, 6.07) is 8.94. The number of nitrogens with two attached hydrogens (primary N) is 1. The molecule has 1 aromatic rings. The maximum Gasteiger partial charge on any atom is 0.245 e. The minimum Gasteiger partial charge on any atom is -0.543 e. The minimum absolute atomic E-state index is 0.745. The Morgan fingerprint density at radius 2 is 1.93 bits per heavy atom. The molecule has 2 nitrogen and oxygen atoms in total. The summed E-state index contributed by atoms with van der Waals surface area (Å²) >= 11 is 0. The summed E-state index contributed by atoms with van der Waals surface area (Å²) in [6.45, 7) is 6.70. The Kier molecular flexibility index (Phi) is 4.21. The highest BCUT2D eigenvalue weighted by Crippen LogP contribution is 2.25. The Morgan fingerprint density at radius 1 is 1.27 bits per heavy atom. The zero-order chi connectivity index (χ0) is 11.3. The molecule has 0 unspecified atom stereocenters. The summed E-state index contributed by atoms with van der Waals surface area (Å²) in [7, 11) is -1.58. The number of nitrogen functional groups attached to an aromatic ring is 1. The van der Waals surface area contributed by atoms with Gasteiger partial charge in [-0.3, -0.25) is 0 Å². The number of rotatable bonds is 5. The Bertz CT molecular complexity index is 312. The van der Waals surface area contributed by atoms with Crippen molar-refractivity contribution in [1.29, 1.82) is 0 Å². The van der Waals surface area contributed by atoms with E-state index in [-0.39, 0.29) is 0 Å². The first kappa shape index (κ1) is 12.1. The fourth-order valence-corrected chi connectivity index (χ4v) is 3.61. The second-order valence-electron chi connectivity index (χ2n) is 4.50. The molecule has 84 valence electrons. The van der Waals surface area contributed by atoms with Gasteiger partial charge in [0.1, 0.15) is 5.75 Å². The van der Waals surface area contributed by atoms with Gasteiger partial charge < -0.3 is 10.2 Å². The molecule has 0 atom stereocenters. The van der Waals surface area contributed by atoms with E-state index in [0.29, 0.717) is 0 Å². The Balaban J connectivity index is 2.64. The van der Waals surface area contributed by atoms with Gasteiger partial charge in [-0.15, -0.1) is 0 Å². The van der Waals surface area contributed by atoms with Crippen LogP contribution in [0.25, 0.3) is 0 Å². The van der Waals surface area contributed by atoms with Crippen LogP contribution in [0.5, 0.6) is 5.75 Å². The fourth-order valence-electron chi connectivity index (χ4n) is 1.52. The lowest BCUT2D eigenvalue weighted by Gasteiger charge is -2.24. The predicted octanol–water partition coefficient (Wildman–Crippen LogP) is 3.65. The first-order valence-corrected chi connectivity index (χ1v) is 8.70. The molecule has 0 aromatic heterocycles. The van der Waals surface area contributed by atoms with Crippen LogP contribution in [0.3, 0.4) is 0 Å². The molecule has 3 heteroatoms. The van der Waals surface area contributed by atoms with Gasteiger partial charge in [-0.25, -0.2) is 0 Å². The van der Waals surface area contributed by atoms with Gasteiger partial charge in [0, 0.05) is 0 Å².